The molecule has 0 amide bonds. The Morgan fingerprint density at radius 2 is 2.00 bits per heavy atom. The van der Waals surface area contributed by atoms with Crippen LogP contribution >= 0.6 is 0 Å². The first-order chi connectivity index (χ1) is 6.45. The predicted octanol–water partition coefficient (Wildman–Crippen LogP) is 1.94. The molecule has 0 saturated heterocycles. The first-order valence-electron chi connectivity index (χ1n) is 3.57. The maximum absolute atomic E-state index is 12.3. The molecule has 0 aromatic rings. The molecule has 0 aliphatic heterocycles. The summed E-state index contributed by atoms with van der Waals surface area (Å²) in [6.45, 7) is 0. The molecule has 0 saturated carbocycles. The first kappa shape index (κ1) is 10.2. The van der Waals surface area contributed by atoms with E-state index in [1.807, 2.05) is 0 Å². The summed E-state index contributed by atoms with van der Waals surface area (Å²) in [5.74, 6) is 0. The van der Waals surface area contributed by atoms with Gasteiger partial charge in [-0.1, -0.05) is 5.73 Å². The SMILES string of the molecule is N#CC1=C(C(F)(F)F)C=C=C(N)C=C1. The van der Waals surface area contributed by atoms with Gasteiger partial charge in [-0.2, -0.15) is 18.4 Å². The van der Waals surface area contributed by atoms with Gasteiger partial charge in [0.15, 0.2) is 0 Å². The smallest absolute Gasteiger partial charge is 0.392 e. The number of allylic oxidation sites excluding steroid dienone is 4. The normalized spacial score (nSPS) is 16.3. The molecule has 0 unspecified atom stereocenters. The van der Waals surface area contributed by atoms with Gasteiger partial charge in [-0.15, -0.1) is 0 Å². The summed E-state index contributed by atoms with van der Waals surface area (Å²) in [5, 5.41) is 8.48. The zero-order valence-electron chi connectivity index (χ0n) is 6.89. The van der Waals surface area contributed by atoms with E-state index in [1.54, 1.807) is 0 Å². The molecular weight excluding hydrogens is 193 g/mol. The Morgan fingerprint density at radius 3 is 2.50 bits per heavy atom. The molecule has 14 heavy (non-hydrogen) atoms. The molecule has 2 N–H and O–H groups in total. The molecule has 72 valence electrons. The van der Waals surface area contributed by atoms with Gasteiger partial charge >= 0.3 is 6.18 Å². The van der Waals surface area contributed by atoms with E-state index < -0.39 is 17.3 Å². The lowest BCUT2D eigenvalue weighted by Crippen LogP contribution is -2.11. The van der Waals surface area contributed by atoms with Crippen LogP contribution in [0.3, 0.4) is 0 Å². The van der Waals surface area contributed by atoms with Gasteiger partial charge in [0, 0.05) is 0 Å². The second-order valence-corrected chi connectivity index (χ2v) is 2.51. The number of alkyl halides is 3. The van der Waals surface area contributed by atoms with Crippen LogP contribution in [0.1, 0.15) is 0 Å². The molecule has 5 heteroatoms. The minimum atomic E-state index is -4.56. The predicted molar refractivity (Wildman–Crippen MR) is 43.6 cm³/mol. The third-order valence-corrected chi connectivity index (χ3v) is 1.53. The molecule has 0 aromatic carbocycles. The Morgan fingerprint density at radius 1 is 1.36 bits per heavy atom. The standard InChI is InChI=1S/C9H5F3N2/c10-9(11,12)8-4-3-7(14)2-1-6(8)5-13/h1-2,4H,14H2. The van der Waals surface area contributed by atoms with Crippen LogP contribution in [0.5, 0.6) is 0 Å². The van der Waals surface area contributed by atoms with E-state index in [-0.39, 0.29) is 5.70 Å². The van der Waals surface area contributed by atoms with Crippen molar-refractivity contribution in [3.63, 3.8) is 0 Å². The summed E-state index contributed by atoms with van der Waals surface area (Å²) in [4.78, 5) is 0. The van der Waals surface area contributed by atoms with Crippen LogP contribution in [0.4, 0.5) is 13.2 Å². The fourth-order valence-electron chi connectivity index (χ4n) is 0.876. The molecule has 1 aliphatic carbocycles. The molecule has 0 fully saturated rings. The molecule has 1 rings (SSSR count). The van der Waals surface area contributed by atoms with E-state index in [1.165, 1.54) is 12.1 Å². The third kappa shape index (κ3) is 2.06. The number of rotatable bonds is 0. The van der Waals surface area contributed by atoms with Gasteiger partial charge < -0.3 is 5.73 Å². The lowest BCUT2D eigenvalue weighted by Gasteiger charge is -2.06. The average molecular weight is 198 g/mol. The maximum Gasteiger partial charge on any atom is 0.418 e. The fraction of sp³-hybridized carbons (Fsp3) is 0.111. The van der Waals surface area contributed by atoms with Gasteiger partial charge in [0.1, 0.15) is 0 Å². The minimum absolute atomic E-state index is 0.0528. The largest absolute Gasteiger partial charge is 0.418 e. The van der Waals surface area contributed by atoms with Gasteiger partial charge in [-0.3, -0.25) is 0 Å². The van der Waals surface area contributed by atoms with Gasteiger partial charge in [-0.25, -0.2) is 0 Å². The van der Waals surface area contributed by atoms with Crippen LogP contribution in [0, 0.1) is 11.3 Å². The van der Waals surface area contributed by atoms with Crippen molar-refractivity contribution in [2.24, 2.45) is 5.73 Å². The second kappa shape index (κ2) is 3.44. The second-order valence-electron chi connectivity index (χ2n) is 2.51. The van der Waals surface area contributed by atoms with Crippen molar-refractivity contribution in [2.75, 3.05) is 0 Å². The molecular formula is C9H5F3N2. The maximum atomic E-state index is 12.3. The molecule has 0 radical (unpaired) electrons. The van der Waals surface area contributed by atoms with E-state index in [4.69, 9.17) is 11.0 Å². The Labute approximate surface area is 78.1 Å². The van der Waals surface area contributed by atoms with E-state index >= 15 is 0 Å². The summed E-state index contributed by atoms with van der Waals surface area (Å²) in [6.07, 6.45) is -1.66. The Balaban J connectivity index is 3.35. The lowest BCUT2D eigenvalue weighted by molar-refractivity contribution is -0.0885. The third-order valence-electron chi connectivity index (χ3n) is 1.53. The summed E-state index contributed by atoms with van der Waals surface area (Å²) in [6, 6.07) is 1.45. The molecule has 0 heterocycles. The van der Waals surface area contributed by atoms with E-state index in [9.17, 15) is 13.2 Å². The highest BCUT2D eigenvalue weighted by molar-refractivity contribution is 5.48. The zero-order chi connectivity index (χ0) is 10.8. The van der Waals surface area contributed by atoms with Crippen molar-refractivity contribution >= 4 is 0 Å². The van der Waals surface area contributed by atoms with E-state index in [2.05, 4.69) is 5.73 Å². The minimum Gasteiger partial charge on any atom is -0.392 e. The Hall–Kier alpha value is -1.92. The highest BCUT2D eigenvalue weighted by Gasteiger charge is 2.34. The van der Waals surface area contributed by atoms with Crippen LogP contribution in [-0.4, -0.2) is 6.18 Å². The Bertz CT molecular complexity index is 412. The van der Waals surface area contributed by atoms with Crippen molar-refractivity contribution < 1.29 is 13.2 Å². The van der Waals surface area contributed by atoms with Crippen LogP contribution in [0.2, 0.25) is 0 Å². The fourth-order valence-corrected chi connectivity index (χ4v) is 0.876. The molecule has 0 spiro atoms. The highest BCUT2D eigenvalue weighted by Crippen LogP contribution is 2.30. The number of hydrogen-bond donors (Lipinski definition) is 1. The molecule has 2 nitrogen and oxygen atoms in total. The lowest BCUT2D eigenvalue weighted by atomic mass is 10.1. The van der Waals surface area contributed by atoms with Gasteiger partial charge in [0.2, 0.25) is 0 Å². The number of halogens is 3. The number of hydrogen-bond acceptors (Lipinski definition) is 2. The van der Waals surface area contributed by atoms with Gasteiger partial charge in [0.25, 0.3) is 0 Å². The van der Waals surface area contributed by atoms with Crippen LogP contribution in [0.15, 0.2) is 40.8 Å². The monoisotopic (exact) mass is 198 g/mol. The van der Waals surface area contributed by atoms with Crippen LogP contribution < -0.4 is 5.73 Å². The van der Waals surface area contributed by atoms with E-state index in [0.29, 0.717) is 6.08 Å². The topological polar surface area (TPSA) is 49.8 Å². The molecule has 0 aromatic heterocycles. The Kier molecular flexibility index (Phi) is 2.50. The summed E-state index contributed by atoms with van der Waals surface area (Å²) in [5.41, 5.74) is 6.02. The van der Waals surface area contributed by atoms with Crippen LogP contribution in [-0.2, 0) is 0 Å². The molecule has 1 aliphatic rings. The number of nitrogens with two attached hydrogens (primary N) is 1. The van der Waals surface area contributed by atoms with Crippen molar-refractivity contribution in [1.29, 1.82) is 5.26 Å². The number of nitriles is 1. The van der Waals surface area contributed by atoms with Gasteiger partial charge in [-0.05, 0) is 18.2 Å². The molecule has 0 atom stereocenters. The average Bonchev–Trinajstić information content (AvgIpc) is 2.25. The summed E-state index contributed by atoms with van der Waals surface area (Å²) < 4.78 is 37.0. The quantitative estimate of drug-likeness (QED) is 0.604. The number of nitrogens with zero attached hydrogens (tertiary/aromatic N) is 1. The first-order valence-corrected chi connectivity index (χ1v) is 3.57. The summed E-state index contributed by atoms with van der Waals surface area (Å²) >= 11 is 0. The zero-order valence-corrected chi connectivity index (χ0v) is 6.89. The van der Waals surface area contributed by atoms with Crippen molar-refractivity contribution in [2.45, 2.75) is 6.18 Å². The molecule has 0 bridgehead atoms. The summed E-state index contributed by atoms with van der Waals surface area (Å²) in [7, 11) is 0. The highest BCUT2D eigenvalue weighted by atomic mass is 19.4. The van der Waals surface area contributed by atoms with Crippen molar-refractivity contribution in [1.82, 2.24) is 0 Å². The van der Waals surface area contributed by atoms with E-state index in [0.717, 1.165) is 6.08 Å². The van der Waals surface area contributed by atoms with Gasteiger partial charge in [0.05, 0.1) is 22.9 Å². The van der Waals surface area contributed by atoms with Crippen molar-refractivity contribution in [3.05, 3.63) is 40.8 Å². The van der Waals surface area contributed by atoms with Crippen LogP contribution in [0.25, 0.3) is 0 Å². The van der Waals surface area contributed by atoms with Crippen molar-refractivity contribution in [3.8, 4) is 6.07 Å².